The largest absolute Gasteiger partial charge is 0.444 e. The van der Waals surface area contributed by atoms with Gasteiger partial charge < -0.3 is 9.73 Å². The number of benzene rings is 1. The summed E-state index contributed by atoms with van der Waals surface area (Å²) < 4.78 is 18.4. The number of amides is 2. The Morgan fingerprint density at radius 2 is 2.00 bits per heavy atom. The van der Waals surface area contributed by atoms with Gasteiger partial charge in [-0.25, -0.2) is 14.4 Å². The Kier molecular flexibility index (Phi) is 5.11. The van der Waals surface area contributed by atoms with E-state index in [0.717, 1.165) is 11.3 Å². The molecule has 0 bridgehead atoms. The highest BCUT2D eigenvalue weighted by Gasteiger charge is 2.24. The minimum Gasteiger partial charge on any atom is -0.444 e. The van der Waals surface area contributed by atoms with Crippen molar-refractivity contribution in [3.63, 3.8) is 0 Å². The van der Waals surface area contributed by atoms with Gasteiger partial charge in [0.05, 0.1) is 18.8 Å². The third kappa shape index (κ3) is 4.14. The van der Waals surface area contributed by atoms with Crippen LogP contribution in [-0.2, 0) is 22.7 Å². The van der Waals surface area contributed by atoms with Crippen LogP contribution in [0.5, 0.6) is 0 Å². The maximum Gasteiger partial charge on any atom is 0.267 e. The Bertz CT molecular complexity index is 838. The summed E-state index contributed by atoms with van der Waals surface area (Å²) in [6, 6.07) is 5.81. The molecule has 1 aromatic carbocycles. The van der Waals surface area contributed by atoms with E-state index in [2.05, 4.69) is 15.4 Å². The van der Waals surface area contributed by atoms with Gasteiger partial charge in [-0.3, -0.25) is 9.59 Å². The standard InChI is InChI=1S/C18H19FN4O3/c1-11-12(2)26-16(21-11)9-20-18(25)15-7-8-17(24)23(22-15)10-13-3-5-14(19)6-4-13/h3-6H,7-10H2,1-2H3,(H,20,25). The Labute approximate surface area is 149 Å². The Balaban J connectivity index is 1.65. The monoisotopic (exact) mass is 358 g/mol. The van der Waals surface area contributed by atoms with Crippen LogP contribution in [0.1, 0.15) is 35.7 Å². The summed E-state index contributed by atoms with van der Waals surface area (Å²) in [6.45, 7) is 3.97. The molecule has 1 N–H and O–H groups in total. The molecule has 8 heteroatoms. The van der Waals surface area contributed by atoms with Crippen LogP contribution >= 0.6 is 0 Å². The molecular weight excluding hydrogens is 339 g/mol. The molecule has 0 unspecified atom stereocenters. The van der Waals surface area contributed by atoms with Crippen LogP contribution < -0.4 is 5.32 Å². The van der Waals surface area contributed by atoms with Crippen molar-refractivity contribution >= 4 is 17.5 Å². The number of aryl methyl sites for hydroxylation is 2. The quantitative estimate of drug-likeness (QED) is 0.888. The molecule has 26 heavy (non-hydrogen) atoms. The lowest BCUT2D eigenvalue weighted by Crippen LogP contribution is -2.38. The third-order valence-electron chi connectivity index (χ3n) is 4.09. The van der Waals surface area contributed by atoms with Crippen molar-refractivity contribution in [1.29, 1.82) is 0 Å². The number of oxazole rings is 1. The SMILES string of the molecule is Cc1nc(CNC(=O)C2=NN(Cc3ccc(F)cc3)C(=O)CC2)oc1C. The molecule has 136 valence electrons. The van der Waals surface area contributed by atoms with Gasteiger partial charge in [0.2, 0.25) is 11.8 Å². The number of carbonyl (C=O) groups excluding carboxylic acids is 2. The molecular formula is C18H19FN4O3. The molecule has 2 heterocycles. The van der Waals surface area contributed by atoms with E-state index in [1.54, 1.807) is 19.1 Å². The minimum absolute atomic E-state index is 0.151. The molecule has 3 rings (SSSR count). The topological polar surface area (TPSA) is 87.8 Å². The van der Waals surface area contributed by atoms with Crippen molar-refractivity contribution in [1.82, 2.24) is 15.3 Å². The zero-order valence-electron chi connectivity index (χ0n) is 14.6. The molecule has 7 nitrogen and oxygen atoms in total. The summed E-state index contributed by atoms with van der Waals surface area (Å²) >= 11 is 0. The van der Waals surface area contributed by atoms with E-state index in [0.29, 0.717) is 11.7 Å². The molecule has 0 radical (unpaired) electrons. The summed E-state index contributed by atoms with van der Waals surface area (Å²) in [7, 11) is 0. The Morgan fingerprint density at radius 1 is 1.27 bits per heavy atom. The first kappa shape index (κ1) is 17.8. The first-order valence-corrected chi connectivity index (χ1v) is 8.26. The van der Waals surface area contributed by atoms with Crippen molar-refractivity contribution in [3.8, 4) is 0 Å². The summed E-state index contributed by atoms with van der Waals surface area (Å²) in [5.41, 5.74) is 1.78. The molecule has 0 atom stereocenters. The number of nitrogens with one attached hydrogen (secondary N) is 1. The predicted molar refractivity (Wildman–Crippen MR) is 91.4 cm³/mol. The predicted octanol–water partition coefficient (Wildman–Crippen LogP) is 2.23. The lowest BCUT2D eigenvalue weighted by molar-refractivity contribution is -0.132. The maximum absolute atomic E-state index is 13.0. The fourth-order valence-electron chi connectivity index (χ4n) is 2.52. The van der Waals surface area contributed by atoms with Gasteiger partial charge in [0.25, 0.3) is 5.91 Å². The van der Waals surface area contributed by atoms with Gasteiger partial charge in [0.15, 0.2) is 0 Å². The van der Waals surface area contributed by atoms with Crippen molar-refractivity contribution in [2.45, 2.75) is 39.8 Å². The molecule has 0 saturated carbocycles. The number of hydrogen-bond acceptors (Lipinski definition) is 5. The molecule has 0 saturated heterocycles. The second kappa shape index (κ2) is 7.47. The zero-order valence-corrected chi connectivity index (χ0v) is 14.6. The van der Waals surface area contributed by atoms with Gasteiger partial charge >= 0.3 is 0 Å². The van der Waals surface area contributed by atoms with E-state index in [1.165, 1.54) is 17.1 Å². The number of nitrogens with zero attached hydrogens (tertiary/aromatic N) is 3. The molecule has 2 amide bonds. The van der Waals surface area contributed by atoms with E-state index < -0.39 is 0 Å². The van der Waals surface area contributed by atoms with Crippen LogP contribution in [0, 0.1) is 19.7 Å². The van der Waals surface area contributed by atoms with Crippen LogP contribution in [0.4, 0.5) is 4.39 Å². The van der Waals surface area contributed by atoms with Gasteiger partial charge in [-0.2, -0.15) is 5.10 Å². The number of halogens is 1. The lowest BCUT2D eigenvalue weighted by Gasteiger charge is -2.23. The van der Waals surface area contributed by atoms with Crippen LogP contribution in [0.15, 0.2) is 33.8 Å². The van der Waals surface area contributed by atoms with Gasteiger partial charge in [0.1, 0.15) is 17.3 Å². The summed E-state index contributed by atoms with van der Waals surface area (Å²) in [5, 5.41) is 8.10. The van der Waals surface area contributed by atoms with Gasteiger partial charge in [-0.1, -0.05) is 12.1 Å². The summed E-state index contributed by atoms with van der Waals surface area (Å²) in [4.78, 5) is 28.6. The molecule has 0 spiro atoms. The number of hydrazone groups is 1. The van der Waals surface area contributed by atoms with E-state index >= 15 is 0 Å². The van der Waals surface area contributed by atoms with Crippen LogP contribution in [-0.4, -0.2) is 27.5 Å². The normalized spacial score (nSPS) is 14.3. The maximum atomic E-state index is 13.0. The molecule has 0 aliphatic carbocycles. The average Bonchev–Trinajstić information content (AvgIpc) is 2.94. The van der Waals surface area contributed by atoms with Crippen molar-refractivity contribution in [2.24, 2.45) is 5.10 Å². The van der Waals surface area contributed by atoms with Crippen LogP contribution in [0.3, 0.4) is 0 Å². The van der Waals surface area contributed by atoms with Crippen LogP contribution in [0.25, 0.3) is 0 Å². The van der Waals surface area contributed by atoms with Crippen molar-refractivity contribution in [3.05, 3.63) is 53.0 Å². The number of rotatable bonds is 5. The smallest absolute Gasteiger partial charge is 0.267 e. The van der Waals surface area contributed by atoms with Gasteiger partial charge in [-0.15, -0.1) is 0 Å². The average molecular weight is 358 g/mol. The molecule has 1 aliphatic rings. The van der Waals surface area contributed by atoms with Gasteiger partial charge in [0, 0.05) is 12.8 Å². The van der Waals surface area contributed by atoms with Crippen molar-refractivity contribution in [2.75, 3.05) is 0 Å². The number of aromatic nitrogens is 1. The Morgan fingerprint density at radius 3 is 2.65 bits per heavy atom. The fourth-order valence-corrected chi connectivity index (χ4v) is 2.52. The second-order valence-electron chi connectivity index (χ2n) is 6.06. The third-order valence-corrected chi connectivity index (χ3v) is 4.09. The lowest BCUT2D eigenvalue weighted by atomic mass is 10.1. The first-order valence-electron chi connectivity index (χ1n) is 8.26. The van der Waals surface area contributed by atoms with Crippen LogP contribution in [0.2, 0.25) is 0 Å². The zero-order chi connectivity index (χ0) is 18.7. The number of hydrogen-bond donors (Lipinski definition) is 1. The van der Waals surface area contributed by atoms with E-state index in [1.807, 2.05) is 6.92 Å². The van der Waals surface area contributed by atoms with E-state index in [9.17, 15) is 14.0 Å². The Hall–Kier alpha value is -3.03. The minimum atomic E-state index is -0.366. The van der Waals surface area contributed by atoms with E-state index in [4.69, 9.17) is 4.42 Å². The second-order valence-corrected chi connectivity index (χ2v) is 6.06. The molecule has 1 aromatic heterocycles. The first-order chi connectivity index (χ1) is 12.4. The van der Waals surface area contributed by atoms with Gasteiger partial charge in [-0.05, 0) is 31.5 Å². The molecule has 2 aromatic rings. The molecule has 0 fully saturated rings. The fraction of sp³-hybridized carbons (Fsp3) is 0.333. The molecule has 1 aliphatic heterocycles. The van der Waals surface area contributed by atoms with E-state index in [-0.39, 0.29) is 49.3 Å². The highest BCUT2D eigenvalue weighted by Crippen LogP contribution is 2.14. The number of carbonyl (C=O) groups is 2. The highest BCUT2D eigenvalue weighted by molar-refractivity contribution is 6.39. The summed E-state index contributed by atoms with van der Waals surface area (Å²) in [5.74, 6) is 0.239. The highest BCUT2D eigenvalue weighted by atomic mass is 19.1. The summed E-state index contributed by atoms with van der Waals surface area (Å²) in [6.07, 6.45) is 0.471. The van der Waals surface area contributed by atoms with Crippen molar-refractivity contribution < 1.29 is 18.4 Å².